The highest BCUT2D eigenvalue weighted by Crippen LogP contribution is 2.21. The highest BCUT2D eigenvalue weighted by molar-refractivity contribution is 7.80. The van der Waals surface area contributed by atoms with E-state index >= 15 is 0 Å². The molecule has 0 radical (unpaired) electrons. The van der Waals surface area contributed by atoms with E-state index in [1.54, 1.807) is 0 Å². The van der Waals surface area contributed by atoms with Crippen LogP contribution in [0.15, 0.2) is 23.1 Å². The molecule has 0 aliphatic carbocycles. The predicted octanol–water partition coefficient (Wildman–Crippen LogP) is 3.54. The fourth-order valence-electron chi connectivity index (χ4n) is 2.53. The van der Waals surface area contributed by atoms with E-state index in [-0.39, 0.29) is 11.9 Å². The molecule has 0 spiro atoms. The Bertz CT molecular complexity index is 497. The SMILES string of the molecule is CCCN1CCCC(OC(=O)Nc2ccc(F)cc2S)C1. The monoisotopic (exact) mass is 312 g/mol. The van der Waals surface area contributed by atoms with Crippen molar-refractivity contribution in [3.8, 4) is 0 Å². The van der Waals surface area contributed by atoms with Crippen LogP contribution in [0.5, 0.6) is 0 Å². The first-order chi connectivity index (χ1) is 10.1. The Balaban J connectivity index is 1.86. The first-order valence-electron chi connectivity index (χ1n) is 7.27. The zero-order chi connectivity index (χ0) is 15.2. The fraction of sp³-hybridized carbons (Fsp3) is 0.533. The first-order valence-corrected chi connectivity index (χ1v) is 7.71. The lowest BCUT2D eigenvalue weighted by Gasteiger charge is -2.31. The largest absolute Gasteiger partial charge is 0.445 e. The van der Waals surface area contributed by atoms with Gasteiger partial charge in [0.1, 0.15) is 11.9 Å². The van der Waals surface area contributed by atoms with Crippen LogP contribution in [-0.2, 0) is 4.74 Å². The summed E-state index contributed by atoms with van der Waals surface area (Å²) in [5.41, 5.74) is 0.450. The summed E-state index contributed by atoms with van der Waals surface area (Å²) in [7, 11) is 0. The molecule has 1 heterocycles. The van der Waals surface area contributed by atoms with Gasteiger partial charge in [-0.05, 0) is 50.6 Å². The molecule has 1 fully saturated rings. The number of hydrogen-bond acceptors (Lipinski definition) is 4. The van der Waals surface area contributed by atoms with Crippen molar-refractivity contribution in [2.75, 3.05) is 25.0 Å². The maximum absolute atomic E-state index is 13.0. The van der Waals surface area contributed by atoms with Crippen LogP contribution < -0.4 is 5.32 Å². The second-order valence-corrected chi connectivity index (χ2v) is 5.74. The molecule has 21 heavy (non-hydrogen) atoms. The molecular weight excluding hydrogens is 291 g/mol. The van der Waals surface area contributed by atoms with Gasteiger partial charge in [-0.15, -0.1) is 12.6 Å². The van der Waals surface area contributed by atoms with Crippen molar-refractivity contribution in [3.63, 3.8) is 0 Å². The van der Waals surface area contributed by atoms with E-state index in [1.807, 2.05) is 0 Å². The summed E-state index contributed by atoms with van der Waals surface area (Å²) in [6.07, 6.45) is 2.41. The number of nitrogens with one attached hydrogen (secondary N) is 1. The number of hydrogen-bond donors (Lipinski definition) is 2. The fourth-order valence-corrected chi connectivity index (χ4v) is 2.78. The minimum atomic E-state index is -0.514. The van der Waals surface area contributed by atoms with Gasteiger partial charge >= 0.3 is 6.09 Å². The normalized spacial score (nSPS) is 19.3. The lowest BCUT2D eigenvalue weighted by molar-refractivity contribution is 0.0500. The zero-order valence-electron chi connectivity index (χ0n) is 12.1. The van der Waals surface area contributed by atoms with Gasteiger partial charge < -0.3 is 4.74 Å². The van der Waals surface area contributed by atoms with Crippen molar-refractivity contribution in [3.05, 3.63) is 24.0 Å². The zero-order valence-corrected chi connectivity index (χ0v) is 13.0. The smallest absolute Gasteiger partial charge is 0.411 e. The van der Waals surface area contributed by atoms with Gasteiger partial charge in [0.25, 0.3) is 0 Å². The Morgan fingerprint density at radius 2 is 2.38 bits per heavy atom. The summed E-state index contributed by atoms with van der Waals surface area (Å²) >= 11 is 4.13. The van der Waals surface area contributed by atoms with Crippen LogP contribution in [0.4, 0.5) is 14.9 Å². The number of likely N-dealkylation sites (tertiary alicyclic amines) is 1. The van der Waals surface area contributed by atoms with E-state index < -0.39 is 6.09 Å². The van der Waals surface area contributed by atoms with Crippen LogP contribution in [0.1, 0.15) is 26.2 Å². The molecule has 1 amide bonds. The maximum atomic E-state index is 13.0. The highest BCUT2D eigenvalue weighted by atomic mass is 32.1. The third-order valence-corrected chi connectivity index (χ3v) is 3.84. The number of nitrogens with zero attached hydrogens (tertiary/aromatic N) is 1. The second kappa shape index (κ2) is 7.66. The van der Waals surface area contributed by atoms with Gasteiger partial charge in [0.15, 0.2) is 0 Å². The molecule has 6 heteroatoms. The Labute approximate surface area is 130 Å². The second-order valence-electron chi connectivity index (χ2n) is 5.26. The molecule has 1 saturated heterocycles. The quantitative estimate of drug-likeness (QED) is 0.836. The molecule has 1 atom stereocenters. The summed E-state index contributed by atoms with van der Waals surface area (Å²) in [6.45, 7) is 5.01. The van der Waals surface area contributed by atoms with Gasteiger partial charge in [-0.1, -0.05) is 6.92 Å². The molecular formula is C15H21FN2O2S. The molecule has 0 aromatic heterocycles. The summed E-state index contributed by atoms with van der Waals surface area (Å²) in [5, 5.41) is 2.61. The summed E-state index contributed by atoms with van der Waals surface area (Å²) in [6, 6.07) is 4.00. The third-order valence-electron chi connectivity index (χ3n) is 3.47. The molecule has 0 bridgehead atoms. The molecule has 1 N–H and O–H groups in total. The molecule has 1 aromatic rings. The van der Waals surface area contributed by atoms with Crippen LogP contribution in [0, 0.1) is 5.82 Å². The number of carbonyl (C=O) groups is 1. The summed E-state index contributed by atoms with van der Waals surface area (Å²) in [5.74, 6) is -0.388. The van der Waals surface area contributed by atoms with E-state index in [0.29, 0.717) is 10.6 Å². The van der Waals surface area contributed by atoms with Crippen molar-refractivity contribution in [1.29, 1.82) is 0 Å². The summed E-state index contributed by atoms with van der Waals surface area (Å²) in [4.78, 5) is 14.6. The van der Waals surface area contributed by atoms with Crippen molar-refractivity contribution >= 4 is 24.4 Å². The van der Waals surface area contributed by atoms with E-state index in [9.17, 15) is 9.18 Å². The molecule has 1 aliphatic rings. The molecule has 1 unspecified atom stereocenters. The molecule has 0 saturated carbocycles. The van der Waals surface area contributed by atoms with Crippen molar-refractivity contribution < 1.29 is 13.9 Å². The molecule has 1 aliphatic heterocycles. The number of ether oxygens (including phenoxy) is 1. The first kappa shape index (κ1) is 16.1. The van der Waals surface area contributed by atoms with Crippen LogP contribution >= 0.6 is 12.6 Å². The Hall–Kier alpha value is -1.27. The molecule has 116 valence electrons. The average Bonchev–Trinajstić information content (AvgIpc) is 2.43. The standard InChI is InChI=1S/C15H21FN2O2S/c1-2-7-18-8-3-4-12(10-18)20-15(19)17-13-6-5-11(16)9-14(13)21/h5-6,9,12,21H,2-4,7-8,10H2,1H3,(H,17,19). The minimum Gasteiger partial charge on any atom is -0.445 e. The maximum Gasteiger partial charge on any atom is 0.411 e. The number of rotatable bonds is 4. The van der Waals surface area contributed by atoms with Crippen LogP contribution in [0.25, 0.3) is 0 Å². The number of carbonyl (C=O) groups excluding carboxylic acids is 1. The third kappa shape index (κ3) is 4.89. The Kier molecular flexibility index (Phi) is 5.87. The van der Waals surface area contributed by atoms with Gasteiger partial charge in [0.2, 0.25) is 0 Å². The van der Waals surface area contributed by atoms with Crippen molar-refractivity contribution in [2.24, 2.45) is 0 Å². The lowest BCUT2D eigenvalue weighted by atomic mass is 10.1. The van der Waals surface area contributed by atoms with Gasteiger partial charge in [-0.3, -0.25) is 10.2 Å². The number of benzene rings is 1. The van der Waals surface area contributed by atoms with Gasteiger partial charge in [-0.25, -0.2) is 9.18 Å². The number of halogens is 1. The van der Waals surface area contributed by atoms with Crippen molar-refractivity contribution in [1.82, 2.24) is 4.90 Å². The van der Waals surface area contributed by atoms with Crippen LogP contribution in [0.2, 0.25) is 0 Å². The van der Waals surface area contributed by atoms with E-state index in [4.69, 9.17) is 4.74 Å². The number of anilines is 1. The summed E-state index contributed by atoms with van der Waals surface area (Å²) < 4.78 is 18.4. The molecule has 1 aromatic carbocycles. The van der Waals surface area contributed by atoms with E-state index in [1.165, 1.54) is 18.2 Å². The van der Waals surface area contributed by atoms with Crippen LogP contribution in [0.3, 0.4) is 0 Å². The predicted molar refractivity (Wildman–Crippen MR) is 83.5 cm³/mol. The molecule has 2 rings (SSSR count). The highest BCUT2D eigenvalue weighted by Gasteiger charge is 2.22. The van der Waals surface area contributed by atoms with Crippen molar-refractivity contribution in [2.45, 2.75) is 37.2 Å². The average molecular weight is 312 g/mol. The number of amides is 1. The Morgan fingerprint density at radius 1 is 1.57 bits per heavy atom. The van der Waals surface area contributed by atoms with E-state index in [0.717, 1.165) is 38.9 Å². The van der Waals surface area contributed by atoms with Gasteiger partial charge in [0.05, 0.1) is 5.69 Å². The minimum absolute atomic E-state index is 0.0888. The number of piperidine rings is 1. The van der Waals surface area contributed by atoms with Gasteiger partial charge in [0, 0.05) is 11.4 Å². The number of thiol groups is 1. The van der Waals surface area contributed by atoms with E-state index in [2.05, 4.69) is 29.8 Å². The molecule has 4 nitrogen and oxygen atoms in total. The topological polar surface area (TPSA) is 41.6 Å². The Morgan fingerprint density at radius 3 is 3.10 bits per heavy atom. The van der Waals surface area contributed by atoms with Crippen LogP contribution in [-0.4, -0.2) is 36.7 Å². The lowest BCUT2D eigenvalue weighted by Crippen LogP contribution is -2.41. The van der Waals surface area contributed by atoms with Gasteiger partial charge in [-0.2, -0.15) is 0 Å².